The number of hydrogen-bond donors (Lipinski definition) is 0. The molecule has 0 aliphatic heterocycles. The Morgan fingerprint density at radius 2 is 1.21 bits per heavy atom. The van der Waals surface area contributed by atoms with Gasteiger partial charge in [0.25, 0.3) is 0 Å². The number of nitrogens with zero attached hydrogens (tertiary/aromatic N) is 1. The smallest absolute Gasteiger partial charge is 0.136 e. The Hall–Kier alpha value is -6.11. The molecule has 2 heterocycles. The zero-order chi connectivity index (χ0) is 31.4. The summed E-state index contributed by atoms with van der Waals surface area (Å²) < 4.78 is 12.1. The Labute approximate surface area is 270 Å². The molecular weight excluding hydrogens is 574 g/mol. The summed E-state index contributed by atoms with van der Waals surface area (Å²) in [6.07, 6.45) is 1.78. The van der Waals surface area contributed by atoms with Crippen LogP contribution in [0.4, 0.5) is 0 Å². The summed E-state index contributed by atoms with van der Waals surface area (Å²) in [7, 11) is 0. The Morgan fingerprint density at radius 1 is 0.532 bits per heavy atom. The van der Waals surface area contributed by atoms with Crippen LogP contribution in [0.15, 0.2) is 136 Å². The van der Waals surface area contributed by atoms with Crippen molar-refractivity contribution in [3.63, 3.8) is 0 Å². The van der Waals surface area contributed by atoms with Crippen LogP contribution in [0.25, 0.3) is 87.8 Å². The maximum Gasteiger partial charge on any atom is 0.136 e. The van der Waals surface area contributed by atoms with E-state index in [2.05, 4.69) is 117 Å². The van der Waals surface area contributed by atoms with Gasteiger partial charge in [-0.25, -0.2) is 0 Å². The first kappa shape index (κ1) is 26.1. The molecule has 0 fully saturated rings. The lowest BCUT2D eigenvalue weighted by Gasteiger charge is -2.23. The van der Waals surface area contributed by atoms with Crippen molar-refractivity contribution in [1.82, 2.24) is 0 Å². The van der Waals surface area contributed by atoms with Crippen LogP contribution >= 0.6 is 0 Å². The minimum absolute atomic E-state index is 0.242. The molecule has 0 spiro atoms. The molecule has 47 heavy (non-hydrogen) atoms. The van der Waals surface area contributed by atoms with Gasteiger partial charge in [0, 0.05) is 21.6 Å². The number of fused-ring (bicyclic) bond motifs is 9. The molecule has 0 radical (unpaired) electrons. The number of nitriles is 1. The van der Waals surface area contributed by atoms with E-state index in [0.29, 0.717) is 5.56 Å². The fourth-order valence-electron chi connectivity index (χ4n) is 8.24. The monoisotopic (exact) mass is 601 g/mol. The van der Waals surface area contributed by atoms with Gasteiger partial charge >= 0.3 is 0 Å². The van der Waals surface area contributed by atoms with Gasteiger partial charge in [-0.1, -0.05) is 92.7 Å². The Balaban J connectivity index is 1.24. The lowest BCUT2D eigenvalue weighted by Crippen LogP contribution is -2.15. The SMILES string of the molecule is CC1(C)c2cc(-c3c4ccccc4c(-c4cccc5occc45)c4ccccc34)ccc2-c2cc3c(cc21)oc1cccc(C#N)c13. The molecule has 0 atom stereocenters. The van der Waals surface area contributed by atoms with Crippen LogP contribution in [0.2, 0.25) is 0 Å². The minimum atomic E-state index is -0.242. The summed E-state index contributed by atoms with van der Waals surface area (Å²) in [4.78, 5) is 0. The normalized spacial score (nSPS) is 13.5. The van der Waals surface area contributed by atoms with E-state index in [1.807, 2.05) is 24.3 Å². The number of hydrogen-bond acceptors (Lipinski definition) is 3. The predicted octanol–water partition coefficient (Wildman–Crippen LogP) is 12.2. The Bertz CT molecular complexity index is 2780. The first-order valence-corrected chi connectivity index (χ1v) is 16.0. The molecule has 9 aromatic rings. The van der Waals surface area contributed by atoms with Gasteiger partial charge in [0.2, 0.25) is 0 Å². The van der Waals surface area contributed by atoms with Gasteiger partial charge < -0.3 is 8.83 Å². The van der Waals surface area contributed by atoms with Crippen molar-refractivity contribution in [3.8, 4) is 39.4 Å². The molecule has 3 nitrogen and oxygen atoms in total. The molecule has 7 aromatic carbocycles. The molecule has 1 aliphatic rings. The third-order valence-electron chi connectivity index (χ3n) is 10.4. The second-order valence-electron chi connectivity index (χ2n) is 13.2. The molecule has 1 aliphatic carbocycles. The molecular formula is C44H27NO2. The maximum atomic E-state index is 9.86. The van der Waals surface area contributed by atoms with Crippen molar-refractivity contribution in [3.05, 3.63) is 144 Å². The van der Waals surface area contributed by atoms with Gasteiger partial charge in [-0.2, -0.15) is 5.26 Å². The third kappa shape index (κ3) is 3.45. The molecule has 0 saturated heterocycles. The largest absolute Gasteiger partial charge is 0.464 e. The van der Waals surface area contributed by atoms with Gasteiger partial charge in [0.15, 0.2) is 0 Å². The van der Waals surface area contributed by atoms with Crippen LogP contribution in [0, 0.1) is 11.3 Å². The molecule has 2 aromatic heterocycles. The lowest BCUT2D eigenvalue weighted by atomic mass is 9.80. The summed E-state index contributed by atoms with van der Waals surface area (Å²) in [5, 5.41) is 17.7. The van der Waals surface area contributed by atoms with Gasteiger partial charge in [-0.05, 0) is 109 Å². The first-order chi connectivity index (χ1) is 23.0. The van der Waals surface area contributed by atoms with Crippen molar-refractivity contribution >= 4 is 54.5 Å². The van der Waals surface area contributed by atoms with E-state index in [9.17, 15) is 5.26 Å². The number of benzene rings is 7. The van der Waals surface area contributed by atoms with Gasteiger partial charge in [-0.15, -0.1) is 0 Å². The molecule has 3 heteroatoms. The molecule has 0 saturated carbocycles. The van der Waals surface area contributed by atoms with Crippen LogP contribution in [0.1, 0.15) is 30.5 Å². The maximum absolute atomic E-state index is 9.86. The molecule has 220 valence electrons. The fraction of sp³-hybridized carbons (Fsp3) is 0.0682. The second-order valence-corrected chi connectivity index (χ2v) is 13.2. The van der Waals surface area contributed by atoms with Crippen molar-refractivity contribution in [2.75, 3.05) is 0 Å². The molecule has 0 bridgehead atoms. The molecule has 0 N–H and O–H groups in total. The summed E-state index contributed by atoms with van der Waals surface area (Å²) in [5.74, 6) is 0. The van der Waals surface area contributed by atoms with Gasteiger partial charge in [0.05, 0.1) is 17.9 Å². The summed E-state index contributed by atoms with van der Waals surface area (Å²) >= 11 is 0. The summed E-state index contributed by atoms with van der Waals surface area (Å²) in [6, 6.07) is 45.5. The zero-order valence-electron chi connectivity index (χ0n) is 25.9. The van der Waals surface area contributed by atoms with Crippen LogP contribution in [-0.2, 0) is 5.41 Å². The highest BCUT2D eigenvalue weighted by Crippen LogP contribution is 2.53. The minimum Gasteiger partial charge on any atom is -0.464 e. The van der Waals surface area contributed by atoms with Crippen LogP contribution < -0.4 is 0 Å². The van der Waals surface area contributed by atoms with E-state index in [4.69, 9.17) is 8.83 Å². The van der Waals surface area contributed by atoms with Gasteiger partial charge in [0.1, 0.15) is 16.7 Å². The molecule has 10 rings (SSSR count). The highest BCUT2D eigenvalue weighted by molar-refractivity contribution is 6.23. The van der Waals surface area contributed by atoms with Crippen molar-refractivity contribution in [1.29, 1.82) is 5.26 Å². The standard InChI is InChI=1S/C44H27NO2/c1-44(2)36-21-25(17-18-27(36)34-22-35-40(23-37(34)44)47-39-16-7-9-26(24-45)42(35)39)41-30-10-3-5-12-32(30)43(33-13-6-4-11-31(33)41)29-14-8-15-38-28(29)19-20-46-38/h3-23H,1-2H3. The average molecular weight is 602 g/mol. The van der Waals surface area contributed by atoms with Crippen LogP contribution in [0.5, 0.6) is 0 Å². The number of furan rings is 2. The fourth-order valence-corrected chi connectivity index (χ4v) is 8.24. The Morgan fingerprint density at radius 3 is 1.96 bits per heavy atom. The van der Waals surface area contributed by atoms with E-state index < -0.39 is 0 Å². The topological polar surface area (TPSA) is 50.1 Å². The van der Waals surface area contributed by atoms with Crippen molar-refractivity contribution < 1.29 is 8.83 Å². The highest BCUT2D eigenvalue weighted by Gasteiger charge is 2.37. The molecule has 0 amide bonds. The van der Waals surface area contributed by atoms with E-state index in [1.54, 1.807) is 6.26 Å². The zero-order valence-corrected chi connectivity index (χ0v) is 25.9. The third-order valence-corrected chi connectivity index (χ3v) is 10.4. The van der Waals surface area contributed by atoms with Crippen molar-refractivity contribution in [2.45, 2.75) is 19.3 Å². The predicted molar refractivity (Wildman–Crippen MR) is 192 cm³/mol. The first-order valence-electron chi connectivity index (χ1n) is 16.0. The lowest BCUT2D eigenvalue weighted by molar-refractivity contribution is 0.616. The summed E-state index contributed by atoms with van der Waals surface area (Å²) in [6.45, 7) is 4.61. The van der Waals surface area contributed by atoms with E-state index >= 15 is 0 Å². The number of rotatable bonds is 2. The average Bonchev–Trinajstić information content (AvgIpc) is 3.79. The highest BCUT2D eigenvalue weighted by atomic mass is 16.3. The van der Waals surface area contributed by atoms with Crippen LogP contribution in [0.3, 0.4) is 0 Å². The summed E-state index contributed by atoms with van der Waals surface area (Å²) in [5.41, 5.74) is 12.7. The van der Waals surface area contributed by atoms with E-state index in [1.165, 1.54) is 66.1 Å². The van der Waals surface area contributed by atoms with E-state index in [-0.39, 0.29) is 5.41 Å². The quantitative estimate of drug-likeness (QED) is 0.185. The van der Waals surface area contributed by atoms with Crippen molar-refractivity contribution in [2.24, 2.45) is 0 Å². The molecule has 0 unspecified atom stereocenters. The van der Waals surface area contributed by atoms with E-state index in [0.717, 1.165) is 32.9 Å². The van der Waals surface area contributed by atoms with Gasteiger partial charge in [-0.3, -0.25) is 0 Å². The van der Waals surface area contributed by atoms with Crippen LogP contribution in [-0.4, -0.2) is 0 Å². The second kappa shape index (κ2) is 9.22. The Kier molecular flexibility index (Phi) is 5.13.